The predicted molar refractivity (Wildman–Crippen MR) is 134 cm³/mol. The van der Waals surface area contributed by atoms with Crippen LogP contribution in [0.15, 0.2) is 41.2 Å². The van der Waals surface area contributed by atoms with Gasteiger partial charge in [-0.25, -0.2) is 4.79 Å². The van der Waals surface area contributed by atoms with Gasteiger partial charge in [0.25, 0.3) is 5.56 Å². The molecular formula is C26H33N5O4. The van der Waals surface area contributed by atoms with E-state index in [1.54, 1.807) is 38.3 Å². The number of ether oxygens (including phenoxy) is 1. The number of nitrogens with one attached hydrogen (secondary N) is 2. The number of anilines is 2. The molecule has 5 rings (SSSR count). The number of hydrogen-bond acceptors (Lipinski definition) is 5. The molecule has 3 aliphatic heterocycles. The lowest BCUT2D eigenvalue weighted by Crippen LogP contribution is -2.53. The van der Waals surface area contributed by atoms with Gasteiger partial charge >= 0.3 is 6.03 Å². The lowest BCUT2D eigenvalue weighted by atomic mass is 9.82. The molecule has 2 N–H and O–H groups in total. The maximum atomic E-state index is 13.3. The molecular weight excluding hydrogens is 446 g/mol. The second-order valence-corrected chi connectivity index (χ2v) is 9.86. The Hall–Kier alpha value is -3.33. The number of nitrogens with zero attached hydrogens (tertiary/aromatic N) is 3. The van der Waals surface area contributed by atoms with Gasteiger partial charge in [-0.15, -0.1) is 0 Å². The number of pyridine rings is 1. The highest BCUT2D eigenvalue weighted by molar-refractivity contribution is 6.00. The Morgan fingerprint density at radius 2 is 1.71 bits per heavy atom. The molecule has 9 heteroatoms. The van der Waals surface area contributed by atoms with Gasteiger partial charge in [0, 0.05) is 57.3 Å². The molecule has 1 aromatic carbocycles. The molecule has 2 bridgehead atoms. The SMILES string of the molecule is COc1ccccc1NC(=O)Nc1ccc2n(c1=O)C[C@H]1C[C@@H]2CN(C2CCN(C(C)=O)CC2)C1. The van der Waals surface area contributed by atoms with Crippen LogP contribution in [-0.2, 0) is 11.3 Å². The summed E-state index contributed by atoms with van der Waals surface area (Å²) in [5.41, 5.74) is 1.70. The average molecular weight is 480 g/mol. The number of benzene rings is 1. The minimum Gasteiger partial charge on any atom is -0.495 e. The molecule has 2 saturated heterocycles. The van der Waals surface area contributed by atoms with E-state index in [4.69, 9.17) is 4.74 Å². The van der Waals surface area contributed by atoms with Crippen molar-refractivity contribution in [1.82, 2.24) is 14.4 Å². The summed E-state index contributed by atoms with van der Waals surface area (Å²) in [7, 11) is 1.54. The molecule has 186 valence electrons. The van der Waals surface area contributed by atoms with Crippen molar-refractivity contribution in [2.45, 2.75) is 44.7 Å². The Morgan fingerprint density at radius 3 is 2.46 bits per heavy atom. The molecule has 0 spiro atoms. The number of carbonyl (C=O) groups excluding carboxylic acids is 2. The summed E-state index contributed by atoms with van der Waals surface area (Å²) in [5, 5.41) is 5.47. The molecule has 0 radical (unpaired) electrons. The van der Waals surface area contributed by atoms with Gasteiger partial charge in [0.15, 0.2) is 0 Å². The Morgan fingerprint density at radius 1 is 0.971 bits per heavy atom. The Balaban J connectivity index is 1.27. The summed E-state index contributed by atoms with van der Waals surface area (Å²) >= 11 is 0. The summed E-state index contributed by atoms with van der Waals surface area (Å²) < 4.78 is 7.13. The molecule has 4 heterocycles. The summed E-state index contributed by atoms with van der Waals surface area (Å²) in [5.74, 6) is 1.42. The van der Waals surface area contributed by atoms with E-state index in [-0.39, 0.29) is 17.2 Å². The molecule has 0 saturated carbocycles. The van der Waals surface area contributed by atoms with E-state index in [0.717, 1.165) is 51.1 Å². The van der Waals surface area contributed by atoms with Gasteiger partial charge in [0.1, 0.15) is 11.4 Å². The van der Waals surface area contributed by atoms with Crippen LogP contribution < -0.4 is 20.9 Å². The third-order valence-corrected chi connectivity index (χ3v) is 7.66. The number of aromatic nitrogens is 1. The maximum absolute atomic E-state index is 13.3. The highest BCUT2D eigenvalue weighted by atomic mass is 16.5. The molecule has 1 aromatic heterocycles. The highest BCUT2D eigenvalue weighted by Crippen LogP contribution is 2.37. The number of carbonyl (C=O) groups is 2. The average Bonchev–Trinajstić information content (AvgIpc) is 2.86. The number of urea groups is 1. The largest absolute Gasteiger partial charge is 0.495 e. The molecule has 2 aromatic rings. The first-order valence-electron chi connectivity index (χ1n) is 12.4. The summed E-state index contributed by atoms with van der Waals surface area (Å²) in [6.45, 7) is 5.87. The standard InChI is InChI=1S/C26H33N5O4/c1-17(32)29-11-9-20(10-12-29)30-14-18-13-19(16-30)23-8-7-22(25(33)31(23)15-18)28-26(34)27-21-5-3-4-6-24(21)35-2/h3-8,18-20H,9-16H2,1-2H3,(H2,27,28,34)/t18-,19+/m0/s1. The third-order valence-electron chi connectivity index (χ3n) is 7.66. The molecule has 0 unspecified atom stereocenters. The smallest absolute Gasteiger partial charge is 0.323 e. The first-order chi connectivity index (χ1) is 16.9. The Kier molecular flexibility index (Phi) is 6.51. The van der Waals surface area contributed by atoms with Crippen LogP contribution in [-0.4, -0.2) is 65.6 Å². The van der Waals surface area contributed by atoms with Crippen LogP contribution >= 0.6 is 0 Å². The molecule has 0 aliphatic carbocycles. The number of methoxy groups -OCH3 is 1. The fraction of sp³-hybridized carbons (Fsp3) is 0.500. The zero-order valence-corrected chi connectivity index (χ0v) is 20.3. The first kappa shape index (κ1) is 23.4. The van der Waals surface area contributed by atoms with E-state index in [1.165, 1.54) is 0 Å². The van der Waals surface area contributed by atoms with Crippen molar-refractivity contribution >= 4 is 23.3 Å². The van der Waals surface area contributed by atoms with Crippen molar-refractivity contribution in [2.75, 3.05) is 43.9 Å². The number of para-hydroxylation sites is 2. The minimum absolute atomic E-state index is 0.157. The number of amides is 3. The van der Waals surface area contributed by atoms with Crippen molar-refractivity contribution in [2.24, 2.45) is 5.92 Å². The van der Waals surface area contributed by atoms with Crippen LogP contribution in [0.3, 0.4) is 0 Å². The van der Waals surface area contributed by atoms with Gasteiger partial charge in [-0.05, 0) is 49.4 Å². The van der Waals surface area contributed by atoms with Crippen molar-refractivity contribution in [1.29, 1.82) is 0 Å². The van der Waals surface area contributed by atoms with Gasteiger partial charge in [-0.3, -0.25) is 14.5 Å². The van der Waals surface area contributed by atoms with Gasteiger partial charge in [0.05, 0.1) is 12.8 Å². The van der Waals surface area contributed by atoms with Gasteiger partial charge in [0.2, 0.25) is 5.91 Å². The van der Waals surface area contributed by atoms with Crippen LogP contribution in [0.4, 0.5) is 16.2 Å². The minimum atomic E-state index is -0.480. The van der Waals surface area contributed by atoms with Crippen LogP contribution in [0.5, 0.6) is 5.75 Å². The molecule has 3 amide bonds. The number of likely N-dealkylation sites (tertiary alicyclic amines) is 2. The lowest BCUT2D eigenvalue weighted by Gasteiger charge is -2.47. The monoisotopic (exact) mass is 479 g/mol. The molecule has 9 nitrogen and oxygen atoms in total. The fourth-order valence-corrected chi connectivity index (χ4v) is 5.95. The number of fused-ring (bicyclic) bond motifs is 4. The fourth-order valence-electron chi connectivity index (χ4n) is 5.95. The summed E-state index contributed by atoms with van der Waals surface area (Å²) in [4.78, 5) is 42.1. The van der Waals surface area contributed by atoms with E-state index < -0.39 is 6.03 Å². The Labute approximate surface area is 205 Å². The molecule has 35 heavy (non-hydrogen) atoms. The summed E-state index contributed by atoms with van der Waals surface area (Å²) in [6, 6.07) is 10.9. The van der Waals surface area contributed by atoms with Gasteiger partial charge < -0.3 is 24.8 Å². The molecule has 3 aliphatic rings. The van der Waals surface area contributed by atoms with Crippen molar-refractivity contribution < 1.29 is 14.3 Å². The number of rotatable bonds is 4. The number of hydrogen-bond donors (Lipinski definition) is 2. The van der Waals surface area contributed by atoms with Crippen molar-refractivity contribution in [3.8, 4) is 5.75 Å². The second kappa shape index (κ2) is 9.73. The topological polar surface area (TPSA) is 95.9 Å². The van der Waals surface area contributed by atoms with E-state index in [1.807, 2.05) is 21.6 Å². The van der Waals surface area contributed by atoms with E-state index >= 15 is 0 Å². The van der Waals surface area contributed by atoms with Crippen LogP contribution in [0.2, 0.25) is 0 Å². The van der Waals surface area contributed by atoms with Crippen LogP contribution in [0.25, 0.3) is 0 Å². The van der Waals surface area contributed by atoms with E-state index in [0.29, 0.717) is 35.9 Å². The highest BCUT2D eigenvalue weighted by Gasteiger charge is 2.38. The van der Waals surface area contributed by atoms with Gasteiger partial charge in [-0.1, -0.05) is 12.1 Å². The van der Waals surface area contributed by atoms with E-state index in [2.05, 4.69) is 15.5 Å². The first-order valence-corrected chi connectivity index (χ1v) is 12.4. The van der Waals surface area contributed by atoms with Crippen LogP contribution in [0, 0.1) is 5.92 Å². The third kappa shape index (κ3) is 4.77. The van der Waals surface area contributed by atoms with Crippen LogP contribution in [0.1, 0.15) is 37.8 Å². The second-order valence-electron chi connectivity index (χ2n) is 9.86. The van der Waals surface area contributed by atoms with Gasteiger partial charge in [-0.2, -0.15) is 0 Å². The zero-order chi connectivity index (χ0) is 24.5. The Bertz CT molecular complexity index is 1170. The number of piperidine rings is 2. The molecule has 2 atom stereocenters. The van der Waals surface area contributed by atoms with Crippen molar-refractivity contribution in [3.63, 3.8) is 0 Å². The summed E-state index contributed by atoms with van der Waals surface area (Å²) in [6.07, 6.45) is 3.11. The zero-order valence-electron chi connectivity index (χ0n) is 20.3. The van der Waals surface area contributed by atoms with Crippen molar-refractivity contribution in [3.05, 3.63) is 52.4 Å². The normalized spacial score (nSPS) is 22.3. The van der Waals surface area contributed by atoms with E-state index in [9.17, 15) is 14.4 Å². The lowest BCUT2D eigenvalue weighted by molar-refractivity contribution is -0.130. The quantitative estimate of drug-likeness (QED) is 0.703. The maximum Gasteiger partial charge on any atom is 0.323 e. The predicted octanol–water partition coefficient (Wildman–Crippen LogP) is 2.93. The molecule has 2 fully saturated rings.